The van der Waals surface area contributed by atoms with Crippen LogP contribution in [0.3, 0.4) is 0 Å². The molecule has 0 saturated heterocycles. The van der Waals surface area contributed by atoms with E-state index in [0.29, 0.717) is 25.1 Å². The number of halogens is 1. The molecule has 1 rings (SSSR count). The summed E-state index contributed by atoms with van der Waals surface area (Å²) in [5, 5.41) is 19.0. The maximum absolute atomic E-state index is 12.7. The molecule has 0 aliphatic carbocycles. The van der Waals surface area contributed by atoms with Gasteiger partial charge in [-0.2, -0.15) is 0 Å². The minimum absolute atomic E-state index is 0.309. The molecule has 0 bridgehead atoms. The van der Waals surface area contributed by atoms with Crippen molar-refractivity contribution in [3.8, 4) is 0 Å². The van der Waals surface area contributed by atoms with E-state index < -0.39 is 11.9 Å². The molecule has 0 fully saturated rings. The van der Waals surface area contributed by atoms with E-state index in [-0.39, 0.29) is 6.10 Å². The monoisotopic (exact) mass is 256 g/mol. The molecule has 1 aromatic rings. The lowest BCUT2D eigenvalue weighted by Crippen LogP contribution is -2.25. The van der Waals surface area contributed by atoms with Gasteiger partial charge in [0, 0.05) is 13.1 Å². The molecule has 4 nitrogen and oxygen atoms in total. The molecule has 102 valence electrons. The van der Waals surface area contributed by atoms with Crippen LogP contribution in [0.5, 0.6) is 0 Å². The van der Waals surface area contributed by atoms with Gasteiger partial charge in [-0.25, -0.2) is 4.39 Å². The number of aliphatic hydroxyl groups excluding tert-OH is 2. The van der Waals surface area contributed by atoms with Crippen LogP contribution in [-0.4, -0.2) is 46.3 Å². The van der Waals surface area contributed by atoms with Crippen molar-refractivity contribution < 1.29 is 14.6 Å². The molecule has 0 amide bonds. The molecular formula is C13H21FN2O2. The van der Waals surface area contributed by atoms with Crippen LogP contribution in [0.4, 0.5) is 4.39 Å². The summed E-state index contributed by atoms with van der Waals surface area (Å²) in [6, 6.07) is 2.79. The molecule has 18 heavy (non-hydrogen) atoms. The van der Waals surface area contributed by atoms with E-state index in [1.165, 1.54) is 12.1 Å². The van der Waals surface area contributed by atoms with Crippen LogP contribution < -0.4 is 0 Å². The minimum Gasteiger partial charge on any atom is -0.393 e. The number of aliphatic hydroxyl groups is 2. The van der Waals surface area contributed by atoms with Crippen molar-refractivity contribution in [1.29, 1.82) is 0 Å². The lowest BCUT2D eigenvalue weighted by molar-refractivity contribution is 0.133. The van der Waals surface area contributed by atoms with Crippen molar-refractivity contribution in [2.24, 2.45) is 0 Å². The van der Waals surface area contributed by atoms with Gasteiger partial charge in [-0.05, 0) is 38.9 Å². The number of aromatic nitrogens is 1. The van der Waals surface area contributed by atoms with Crippen molar-refractivity contribution in [1.82, 2.24) is 9.88 Å². The van der Waals surface area contributed by atoms with Gasteiger partial charge < -0.3 is 15.1 Å². The summed E-state index contributed by atoms with van der Waals surface area (Å²) in [4.78, 5) is 5.89. The van der Waals surface area contributed by atoms with Gasteiger partial charge >= 0.3 is 0 Å². The first-order valence-electron chi connectivity index (χ1n) is 6.15. The highest BCUT2D eigenvalue weighted by atomic mass is 19.1. The Morgan fingerprint density at radius 3 is 2.50 bits per heavy atom. The predicted molar refractivity (Wildman–Crippen MR) is 67.6 cm³/mol. The van der Waals surface area contributed by atoms with Gasteiger partial charge in [-0.3, -0.25) is 4.98 Å². The van der Waals surface area contributed by atoms with Gasteiger partial charge in [0.2, 0.25) is 0 Å². The second-order valence-electron chi connectivity index (χ2n) is 4.65. The van der Waals surface area contributed by atoms with Crippen LogP contribution in [0.2, 0.25) is 0 Å². The molecule has 0 aliphatic heterocycles. The summed E-state index contributed by atoms with van der Waals surface area (Å²) in [6.45, 7) is 3.24. The molecule has 0 saturated carbocycles. The molecular weight excluding hydrogens is 235 g/mol. The Morgan fingerprint density at radius 2 is 1.94 bits per heavy atom. The Bertz CT molecular complexity index is 343. The average molecular weight is 256 g/mol. The molecule has 0 spiro atoms. The zero-order valence-electron chi connectivity index (χ0n) is 10.9. The van der Waals surface area contributed by atoms with Crippen molar-refractivity contribution in [3.63, 3.8) is 0 Å². The Hall–Kier alpha value is -1.04. The maximum atomic E-state index is 12.7. The fourth-order valence-electron chi connectivity index (χ4n) is 1.59. The highest BCUT2D eigenvalue weighted by Crippen LogP contribution is 2.14. The number of hydrogen-bond acceptors (Lipinski definition) is 4. The summed E-state index contributed by atoms with van der Waals surface area (Å²) in [6.07, 6.45) is 1.36. The Labute approximate surface area is 107 Å². The quantitative estimate of drug-likeness (QED) is 0.773. The van der Waals surface area contributed by atoms with Crippen LogP contribution in [0, 0.1) is 5.82 Å². The van der Waals surface area contributed by atoms with Crippen LogP contribution in [0.1, 0.15) is 31.6 Å². The fraction of sp³-hybridized carbons (Fsp3) is 0.615. The minimum atomic E-state index is -0.681. The van der Waals surface area contributed by atoms with E-state index in [9.17, 15) is 9.50 Å². The van der Waals surface area contributed by atoms with Gasteiger partial charge in [-0.1, -0.05) is 0 Å². The highest BCUT2D eigenvalue weighted by Gasteiger charge is 2.10. The summed E-state index contributed by atoms with van der Waals surface area (Å²) < 4.78 is 12.7. The van der Waals surface area contributed by atoms with Gasteiger partial charge in [0.1, 0.15) is 5.82 Å². The second-order valence-corrected chi connectivity index (χ2v) is 4.65. The number of hydrogen-bond donors (Lipinski definition) is 2. The molecule has 2 N–H and O–H groups in total. The van der Waals surface area contributed by atoms with E-state index in [0.717, 1.165) is 12.7 Å². The van der Waals surface area contributed by atoms with Crippen molar-refractivity contribution in [2.45, 2.75) is 32.0 Å². The smallest absolute Gasteiger partial charge is 0.141 e. The first-order valence-corrected chi connectivity index (χ1v) is 6.15. The molecule has 1 aromatic heterocycles. The van der Waals surface area contributed by atoms with Gasteiger partial charge in [0.25, 0.3) is 0 Å². The van der Waals surface area contributed by atoms with Gasteiger partial charge in [0.05, 0.1) is 24.1 Å². The molecule has 0 aliphatic rings. The molecule has 2 unspecified atom stereocenters. The topological polar surface area (TPSA) is 56.6 Å². The van der Waals surface area contributed by atoms with Crippen LogP contribution in [0.25, 0.3) is 0 Å². The third kappa shape index (κ3) is 5.53. The first-order chi connectivity index (χ1) is 8.49. The zero-order valence-corrected chi connectivity index (χ0v) is 10.9. The van der Waals surface area contributed by atoms with Crippen LogP contribution >= 0.6 is 0 Å². The molecule has 1 heterocycles. The standard InChI is InChI=1S/C13H21FN2O2/c1-10(17)5-7-16(2)8-6-13(18)12-4-3-11(14)9-15-12/h3-4,9-10,13,17-18H,5-8H2,1-2H3. The lowest BCUT2D eigenvalue weighted by Gasteiger charge is -2.19. The SMILES string of the molecule is CC(O)CCN(C)CCC(O)c1ccc(F)cn1. The third-order valence-corrected chi connectivity index (χ3v) is 2.80. The van der Waals surface area contributed by atoms with Gasteiger partial charge in [-0.15, -0.1) is 0 Å². The summed E-state index contributed by atoms with van der Waals surface area (Å²) in [7, 11) is 1.94. The normalized spacial score (nSPS) is 14.8. The Kier molecular flexibility index (Phi) is 6.18. The highest BCUT2D eigenvalue weighted by molar-refractivity contribution is 5.07. The number of nitrogens with zero attached hydrogens (tertiary/aromatic N) is 2. The second kappa shape index (κ2) is 7.41. The Balaban J connectivity index is 2.32. The summed E-state index contributed by atoms with van der Waals surface area (Å²) in [5.74, 6) is -0.403. The summed E-state index contributed by atoms with van der Waals surface area (Å²) in [5.41, 5.74) is 0.486. The lowest BCUT2D eigenvalue weighted by atomic mass is 10.1. The summed E-state index contributed by atoms with van der Waals surface area (Å²) >= 11 is 0. The van der Waals surface area contributed by atoms with E-state index >= 15 is 0 Å². The van der Waals surface area contributed by atoms with Gasteiger partial charge in [0.15, 0.2) is 0 Å². The fourth-order valence-corrected chi connectivity index (χ4v) is 1.59. The van der Waals surface area contributed by atoms with Crippen LogP contribution in [0.15, 0.2) is 18.3 Å². The average Bonchev–Trinajstić information content (AvgIpc) is 2.34. The Morgan fingerprint density at radius 1 is 1.28 bits per heavy atom. The molecule has 0 aromatic carbocycles. The van der Waals surface area contributed by atoms with E-state index in [4.69, 9.17) is 5.11 Å². The predicted octanol–water partition coefficient (Wildman–Crippen LogP) is 1.35. The molecule has 5 heteroatoms. The first kappa shape index (κ1) is 15.0. The van der Waals surface area contributed by atoms with Crippen molar-refractivity contribution >= 4 is 0 Å². The van der Waals surface area contributed by atoms with Crippen molar-refractivity contribution in [3.05, 3.63) is 29.8 Å². The number of pyridine rings is 1. The zero-order chi connectivity index (χ0) is 13.5. The van der Waals surface area contributed by atoms with E-state index in [1.807, 2.05) is 11.9 Å². The largest absolute Gasteiger partial charge is 0.393 e. The number of rotatable bonds is 7. The van der Waals surface area contributed by atoms with E-state index in [2.05, 4.69) is 4.98 Å². The van der Waals surface area contributed by atoms with E-state index in [1.54, 1.807) is 6.92 Å². The van der Waals surface area contributed by atoms with Crippen molar-refractivity contribution in [2.75, 3.05) is 20.1 Å². The van der Waals surface area contributed by atoms with Crippen LogP contribution in [-0.2, 0) is 0 Å². The maximum Gasteiger partial charge on any atom is 0.141 e. The molecule has 0 radical (unpaired) electrons. The molecule has 2 atom stereocenters. The third-order valence-electron chi connectivity index (χ3n) is 2.80.